The van der Waals surface area contributed by atoms with E-state index in [-0.39, 0.29) is 0 Å². The summed E-state index contributed by atoms with van der Waals surface area (Å²) in [5.41, 5.74) is 7.98. The molecule has 1 aliphatic rings. The maximum Gasteiger partial charge on any atom is 0.130 e. The van der Waals surface area contributed by atoms with Crippen LogP contribution in [0.25, 0.3) is 0 Å². The lowest BCUT2D eigenvalue weighted by molar-refractivity contribution is 0.567. The first kappa shape index (κ1) is 13.2. The van der Waals surface area contributed by atoms with Crippen LogP contribution in [0.4, 0.5) is 10.7 Å². The van der Waals surface area contributed by atoms with Crippen molar-refractivity contribution in [1.29, 1.82) is 5.26 Å². The molecule has 1 heterocycles. The normalized spacial score (nSPS) is 14.8. The number of nitrogens with one attached hydrogen (secondary N) is 1. The zero-order chi connectivity index (χ0) is 13.1. The van der Waals surface area contributed by atoms with Crippen LogP contribution in [0.1, 0.15) is 55.9 Å². The van der Waals surface area contributed by atoms with Crippen molar-refractivity contribution in [2.75, 3.05) is 17.6 Å². The topological polar surface area (TPSA) is 61.8 Å². The number of hydrogen-bond acceptors (Lipinski definition) is 4. The van der Waals surface area contributed by atoms with Crippen molar-refractivity contribution in [1.82, 2.24) is 0 Å². The minimum Gasteiger partial charge on any atom is -0.397 e. The summed E-state index contributed by atoms with van der Waals surface area (Å²) < 4.78 is 0. The molecule has 0 saturated heterocycles. The third kappa shape index (κ3) is 2.97. The molecule has 2 rings (SSSR count). The summed E-state index contributed by atoms with van der Waals surface area (Å²) in [6.45, 7) is 5.46. The first-order chi connectivity index (χ1) is 8.63. The molecule has 0 atom stereocenters. The molecule has 0 spiro atoms. The zero-order valence-electron chi connectivity index (χ0n) is 11.1. The Bertz CT molecular complexity index is 452. The van der Waals surface area contributed by atoms with Gasteiger partial charge in [0.05, 0.1) is 10.7 Å². The summed E-state index contributed by atoms with van der Waals surface area (Å²) in [5.74, 6) is 1.34. The first-order valence-corrected chi connectivity index (χ1v) is 7.51. The summed E-state index contributed by atoms with van der Waals surface area (Å²) in [6, 6.07) is 2.20. The molecule has 0 aromatic carbocycles. The van der Waals surface area contributed by atoms with Gasteiger partial charge in [-0.15, -0.1) is 11.3 Å². The van der Waals surface area contributed by atoms with E-state index in [0.29, 0.717) is 10.8 Å². The minimum absolute atomic E-state index is 0.593. The summed E-state index contributed by atoms with van der Waals surface area (Å²) in [6.07, 6.45) is 4.83. The smallest absolute Gasteiger partial charge is 0.130 e. The fourth-order valence-electron chi connectivity index (χ4n) is 2.16. The largest absolute Gasteiger partial charge is 0.397 e. The molecule has 0 aliphatic heterocycles. The van der Waals surface area contributed by atoms with Gasteiger partial charge in [0.1, 0.15) is 10.9 Å². The van der Waals surface area contributed by atoms with Gasteiger partial charge in [-0.1, -0.05) is 13.8 Å². The van der Waals surface area contributed by atoms with Gasteiger partial charge in [0, 0.05) is 12.1 Å². The number of nitriles is 1. The Morgan fingerprint density at radius 2 is 2.22 bits per heavy atom. The number of hydrogen-bond donors (Lipinski definition) is 2. The highest BCUT2D eigenvalue weighted by molar-refractivity contribution is 7.17. The Morgan fingerprint density at radius 3 is 2.78 bits per heavy atom. The van der Waals surface area contributed by atoms with Gasteiger partial charge in [-0.2, -0.15) is 5.26 Å². The van der Waals surface area contributed by atoms with E-state index in [4.69, 9.17) is 11.0 Å². The Labute approximate surface area is 113 Å². The van der Waals surface area contributed by atoms with E-state index in [9.17, 15) is 0 Å². The van der Waals surface area contributed by atoms with Crippen molar-refractivity contribution >= 4 is 22.0 Å². The van der Waals surface area contributed by atoms with E-state index in [1.807, 2.05) is 0 Å². The van der Waals surface area contributed by atoms with Crippen LogP contribution in [0.5, 0.6) is 0 Å². The van der Waals surface area contributed by atoms with Gasteiger partial charge in [0.15, 0.2) is 0 Å². The van der Waals surface area contributed by atoms with Gasteiger partial charge in [-0.05, 0) is 37.5 Å². The first-order valence-electron chi connectivity index (χ1n) is 6.69. The third-order valence-electron chi connectivity index (χ3n) is 3.31. The van der Waals surface area contributed by atoms with Crippen molar-refractivity contribution < 1.29 is 0 Å². The molecule has 98 valence electrons. The Hall–Kier alpha value is -1.21. The Kier molecular flexibility index (Phi) is 4.13. The number of nitrogen functional groups attached to an aromatic ring is 1. The third-order valence-corrected chi connectivity index (χ3v) is 4.40. The molecule has 1 fully saturated rings. The van der Waals surface area contributed by atoms with Gasteiger partial charge < -0.3 is 11.1 Å². The van der Waals surface area contributed by atoms with E-state index in [0.717, 1.165) is 23.2 Å². The fourth-order valence-corrected chi connectivity index (χ4v) is 3.19. The molecule has 4 heteroatoms. The predicted molar refractivity (Wildman–Crippen MR) is 78.0 cm³/mol. The van der Waals surface area contributed by atoms with Crippen molar-refractivity contribution in [2.24, 2.45) is 5.92 Å². The SMILES string of the molecule is CC(C)CCCNc1sc(C#N)c(N)c1C1CC1. The standard InChI is InChI=1S/C14H21N3S/c1-9(2)4-3-7-17-14-12(10-5-6-10)13(16)11(8-15)18-14/h9-10,17H,3-7,16H2,1-2H3. The average Bonchev–Trinajstić information content (AvgIpc) is 3.10. The van der Waals surface area contributed by atoms with E-state index < -0.39 is 0 Å². The van der Waals surface area contributed by atoms with Crippen molar-refractivity contribution in [3.05, 3.63) is 10.4 Å². The van der Waals surface area contributed by atoms with Gasteiger partial charge >= 0.3 is 0 Å². The molecule has 0 bridgehead atoms. The molecule has 0 radical (unpaired) electrons. The molecule has 1 aromatic rings. The van der Waals surface area contributed by atoms with E-state index >= 15 is 0 Å². The van der Waals surface area contributed by atoms with Gasteiger partial charge in [0.25, 0.3) is 0 Å². The van der Waals surface area contributed by atoms with Gasteiger partial charge in [0.2, 0.25) is 0 Å². The van der Waals surface area contributed by atoms with Crippen LogP contribution in [0.15, 0.2) is 0 Å². The molecule has 0 unspecified atom stereocenters. The second-order valence-corrected chi connectivity index (χ2v) is 6.46. The minimum atomic E-state index is 0.593. The highest BCUT2D eigenvalue weighted by atomic mass is 32.1. The monoisotopic (exact) mass is 263 g/mol. The van der Waals surface area contributed by atoms with Crippen LogP contribution in [0.2, 0.25) is 0 Å². The van der Waals surface area contributed by atoms with E-state index in [1.165, 1.54) is 42.6 Å². The summed E-state index contributed by atoms with van der Waals surface area (Å²) in [7, 11) is 0. The highest BCUT2D eigenvalue weighted by Crippen LogP contribution is 2.50. The predicted octanol–water partition coefficient (Wildman–Crippen LogP) is 3.93. The second kappa shape index (κ2) is 5.62. The highest BCUT2D eigenvalue weighted by Gasteiger charge is 2.31. The maximum atomic E-state index is 9.06. The van der Waals surface area contributed by atoms with Gasteiger partial charge in [-0.25, -0.2) is 0 Å². The lowest BCUT2D eigenvalue weighted by Crippen LogP contribution is -2.03. The van der Waals surface area contributed by atoms with Crippen LogP contribution >= 0.6 is 11.3 Å². The fraction of sp³-hybridized carbons (Fsp3) is 0.643. The zero-order valence-corrected chi connectivity index (χ0v) is 11.9. The molecule has 3 N–H and O–H groups in total. The lowest BCUT2D eigenvalue weighted by Gasteiger charge is -2.08. The van der Waals surface area contributed by atoms with Crippen LogP contribution in [0, 0.1) is 17.2 Å². The molecular formula is C14H21N3S. The molecule has 1 aliphatic carbocycles. The van der Waals surface area contributed by atoms with E-state index in [2.05, 4.69) is 25.2 Å². The summed E-state index contributed by atoms with van der Waals surface area (Å²) >= 11 is 1.52. The number of thiophene rings is 1. The molecule has 3 nitrogen and oxygen atoms in total. The molecule has 1 aromatic heterocycles. The van der Waals surface area contributed by atoms with Gasteiger partial charge in [-0.3, -0.25) is 0 Å². The molecule has 18 heavy (non-hydrogen) atoms. The number of anilines is 2. The van der Waals surface area contributed by atoms with Crippen LogP contribution < -0.4 is 11.1 Å². The summed E-state index contributed by atoms with van der Waals surface area (Å²) in [5, 5.41) is 13.7. The van der Waals surface area contributed by atoms with Crippen molar-refractivity contribution in [3.8, 4) is 6.07 Å². The van der Waals surface area contributed by atoms with Crippen LogP contribution in [-0.4, -0.2) is 6.54 Å². The van der Waals surface area contributed by atoms with Crippen LogP contribution in [0.3, 0.4) is 0 Å². The maximum absolute atomic E-state index is 9.06. The van der Waals surface area contributed by atoms with Crippen molar-refractivity contribution in [2.45, 2.75) is 45.4 Å². The van der Waals surface area contributed by atoms with Crippen LogP contribution in [-0.2, 0) is 0 Å². The van der Waals surface area contributed by atoms with E-state index in [1.54, 1.807) is 0 Å². The number of nitrogens with two attached hydrogens (primary N) is 1. The summed E-state index contributed by atoms with van der Waals surface area (Å²) in [4.78, 5) is 0.670. The number of rotatable bonds is 6. The van der Waals surface area contributed by atoms with Crippen molar-refractivity contribution in [3.63, 3.8) is 0 Å². The number of nitrogens with zero attached hydrogens (tertiary/aromatic N) is 1. The molecule has 1 saturated carbocycles. The Morgan fingerprint density at radius 1 is 1.50 bits per heavy atom. The lowest BCUT2D eigenvalue weighted by atomic mass is 10.1. The Balaban J connectivity index is 2.01. The quantitative estimate of drug-likeness (QED) is 0.764. The average molecular weight is 263 g/mol. The second-order valence-electron chi connectivity index (χ2n) is 5.44. The molecule has 0 amide bonds. The molecular weight excluding hydrogens is 242 g/mol.